The van der Waals surface area contributed by atoms with Gasteiger partial charge >= 0.3 is 0 Å². The van der Waals surface area contributed by atoms with Crippen molar-refractivity contribution in [3.63, 3.8) is 0 Å². The van der Waals surface area contributed by atoms with Gasteiger partial charge in [-0.25, -0.2) is 4.98 Å². The second-order valence-corrected chi connectivity index (χ2v) is 10.7. The molecule has 0 N–H and O–H groups in total. The van der Waals surface area contributed by atoms with Crippen molar-refractivity contribution in [1.29, 1.82) is 0 Å². The molecule has 0 fully saturated rings. The number of hydrogen-bond acceptors (Lipinski definition) is 1. The molecule has 0 aliphatic carbocycles. The maximum Gasteiger partial charge on any atom is 0.114 e. The molecule has 0 saturated heterocycles. The first kappa shape index (κ1) is 23.7. The van der Waals surface area contributed by atoms with Crippen LogP contribution < -0.4 is 0 Å². The molecule has 0 amide bonds. The fourth-order valence-corrected chi connectivity index (χ4v) is 6.43. The maximum atomic E-state index is 5.21. The molecule has 0 spiro atoms. The van der Waals surface area contributed by atoms with Crippen LogP contribution in [0.5, 0.6) is 0 Å². The predicted molar refractivity (Wildman–Crippen MR) is 174 cm³/mol. The Labute approximate surface area is 239 Å². The lowest BCUT2D eigenvalue weighted by Gasteiger charge is -2.19. The Morgan fingerprint density at radius 3 is 1.80 bits per heavy atom. The molecule has 0 aliphatic heterocycles. The number of rotatable bonds is 4. The second kappa shape index (κ2) is 9.46. The normalized spacial score (nSPS) is 11.6. The standard InChI is InChI=1S/C39H28N2/c1-2-37-40-35-25-30(29-21-20-26-12-6-7-15-28(26)24-29)22-23-36(35)41(37)39-33-18-10-8-16-31(33)38(27-13-4-3-5-14-27)32-17-9-11-19-34(32)39/h3-25H,2H2,1H3. The zero-order chi connectivity index (χ0) is 27.3. The summed E-state index contributed by atoms with van der Waals surface area (Å²) < 4.78 is 2.40. The Bertz CT molecular complexity index is 2180. The smallest absolute Gasteiger partial charge is 0.114 e. The number of aromatic nitrogens is 2. The molecule has 1 heterocycles. The summed E-state index contributed by atoms with van der Waals surface area (Å²) in [5, 5.41) is 7.48. The molecule has 8 rings (SSSR count). The summed E-state index contributed by atoms with van der Waals surface area (Å²) in [6.45, 7) is 2.20. The van der Waals surface area contributed by atoms with Crippen molar-refractivity contribution in [2.75, 3.05) is 0 Å². The molecule has 7 aromatic carbocycles. The summed E-state index contributed by atoms with van der Waals surface area (Å²) in [4.78, 5) is 5.21. The largest absolute Gasteiger partial charge is 0.295 e. The highest BCUT2D eigenvalue weighted by atomic mass is 15.1. The van der Waals surface area contributed by atoms with Crippen molar-refractivity contribution >= 4 is 43.4 Å². The van der Waals surface area contributed by atoms with Gasteiger partial charge < -0.3 is 0 Å². The Balaban J connectivity index is 1.41. The molecule has 1 aromatic heterocycles. The third-order valence-electron chi connectivity index (χ3n) is 8.31. The van der Waals surface area contributed by atoms with Crippen molar-refractivity contribution in [2.24, 2.45) is 0 Å². The fraction of sp³-hybridized carbons (Fsp3) is 0.0513. The molecular formula is C39H28N2. The number of nitrogens with zero attached hydrogens (tertiary/aromatic N) is 2. The van der Waals surface area contributed by atoms with Crippen molar-refractivity contribution in [3.05, 3.63) is 145 Å². The number of hydrogen-bond donors (Lipinski definition) is 0. The molecule has 2 heteroatoms. The molecule has 0 unspecified atom stereocenters. The minimum Gasteiger partial charge on any atom is -0.295 e. The lowest BCUT2D eigenvalue weighted by Crippen LogP contribution is -2.03. The van der Waals surface area contributed by atoms with E-state index in [1.165, 1.54) is 60.3 Å². The third kappa shape index (κ3) is 3.76. The van der Waals surface area contributed by atoms with E-state index in [1.807, 2.05) is 0 Å². The zero-order valence-electron chi connectivity index (χ0n) is 22.9. The fourth-order valence-electron chi connectivity index (χ4n) is 6.43. The zero-order valence-corrected chi connectivity index (χ0v) is 22.9. The first-order chi connectivity index (χ1) is 20.3. The van der Waals surface area contributed by atoms with Crippen molar-refractivity contribution in [1.82, 2.24) is 9.55 Å². The highest BCUT2D eigenvalue weighted by molar-refractivity contribution is 6.18. The van der Waals surface area contributed by atoms with Crippen LogP contribution >= 0.6 is 0 Å². The molecule has 0 aliphatic rings. The van der Waals surface area contributed by atoms with Gasteiger partial charge in [0.05, 0.1) is 16.7 Å². The number of benzene rings is 7. The molecule has 0 saturated carbocycles. The van der Waals surface area contributed by atoms with Crippen LogP contribution in [-0.2, 0) is 6.42 Å². The van der Waals surface area contributed by atoms with E-state index in [-0.39, 0.29) is 0 Å². The summed E-state index contributed by atoms with van der Waals surface area (Å²) in [5.74, 6) is 1.07. The van der Waals surface area contributed by atoms with Gasteiger partial charge in [0, 0.05) is 17.2 Å². The van der Waals surface area contributed by atoms with E-state index in [2.05, 4.69) is 151 Å². The maximum absolute atomic E-state index is 5.21. The van der Waals surface area contributed by atoms with Crippen LogP contribution in [0.4, 0.5) is 0 Å². The molecule has 0 radical (unpaired) electrons. The van der Waals surface area contributed by atoms with E-state index < -0.39 is 0 Å². The SMILES string of the molecule is CCc1nc2cc(-c3ccc4ccccc4c3)ccc2n1-c1c2ccccc2c(-c2ccccc2)c2ccccc12. The summed E-state index contributed by atoms with van der Waals surface area (Å²) in [7, 11) is 0. The predicted octanol–water partition coefficient (Wildman–Crippen LogP) is 10.4. The van der Waals surface area contributed by atoms with Crippen LogP contribution in [0.1, 0.15) is 12.7 Å². The van der Waals surface area contributed by atoms with E-state index >= 15 is 0 Å². The van der Waals surface area contributed by atoms with E-state index in [0.29, 0.717) is 0 Å². The third-order valence-corrected chi connectivity index (χ3v) is 8.31. The molecule has 0 bridgehead atoms. The molecule has 2 nitrogen and oxygen atoms in total. The highest BCUT2D eigenvalue weighted by Gasteiger charge is 2.20. The Morgan fingerprint density at radius 2 is 1.10 bits per heavy atom. The van der Waals surface area contributed by atoms with Crippen LogP contribution in [-0.4, -0.2) is 9.55 Å². The number of aryl methyl sites for hydroxylation is 1. The van der Waals surface area contributed by atoms with Gasteiger partial charge in [0.2, 0.25) is 0 Å². The van der Waals surface area contributed by atoms with Gasteiger partial charge in [0.25, 0.3) is 0 Å². The van der Waals surface area contributed by atoms with Crippen LogP contribution in [0, 0.1) is 0 Å². The lowest BCUT2D eigenvalue weighted by molar-refractivity contribution is 0.917. The van der Waals surface area contributed by atoms with Gasteiger partial charge in [-0.1, -0.05) is 128 Å². The Morgan fingerprint density at radius 1 is 0.512 bits per heavy atom. The van der Waals surface area contributed by atoms with Crippen LogP contribution in [0.2, 0.25) is 0 Å². The Hall–Kier alpha value is -5.21. The van der Waals surface area contributed by atoms with Crippen LogP contribution in [0.25, 0.3) is 71.3 Å². The van der Waals surface area contributed by atoms with Gasteiger partial charge in [-0.2, -0.15) is 0 Å². The number of imidazole rings is 1. The first-order valence-electron chi connectivity index (χ1n) is 14.3. The highest BCUT2D eigenvalue weighted by Crippen LogP contribution is 2.42. The lowest BCUT2D eigenvalue weighted by atomic mass is 9.90. The summed E-state index contributed by atoms with van der Waals surface area (Å²) in [6.07, 6.45) is 0.836. The van der Waals surface area contributed by atoms with Gasteiger partial charge in [-0.05, 0) is 62.0 Å². The van der Waals surface area contributed by atoms with Crippen LogP contribution in [0.3, 0.4) is 0 Å². The summed E-state index contributed by atoms with van der Waals surface area (Å²) in [5.41, 5.74) is 8.26. The van der Waals surface area contributed by atoms with Gasteiger partial charge in [-0.15, -0.1) is 0 Å². The minimum absolute atomic E-state index is 0.836. The van der Waals surface area contributed by atoms with Gasteiger partial charge in [0.1, 0.15) is 5.82 Å². The summed E-state index contributed by atoms with van der Waals surface area (Å²) in [6, 6.07) is 50.4. The molecule has 194 valence electrons. The van der Waals surface area contributed by atoms with Crippen molar-refractivity contribution in [3.8, 4) is 27.9 Å². The van der Waals surface area contributed by atoms with Gasteiger partial charge in [-0.3, -0.25) is 4.57 Å². The van der Waals surface area contributed by atoms with E-state index in [9.17, 15) is 0 Å². The molecule has 8 aromatic rings. The molecular weight excluding hydrogens is 496 g/mol. The van der Waals surface area contributed by atoms with E-state index in [0.717, 1.165) is 23.3 Å². The summed E-state index contributed by atoms with van der Waals surface area (Å²) >= 11 is 0. The minimum atomic E-state index is 0.836. The average molecular weight is 525 g/mol. The van der Waals surface area contributed by atoms with Gasteiger partial charge in [0.15, 0.2) is 0 Å². The molecule has 0 atom stereocenters. The number of fused-ring (bicyclic) bond motifs is 4. The van der Waals surface area contributed by atoms with E-state index in [4.69, 9.17) is 4.98 Å². The topological polar surface area (TPSA) is 17.8 Å². The second-order valence-electron chi connectivity index (χ2n) is 10.7. The average Bonchev–Trinajstić information content (AvgIpc) is 3.41. The van der Waals surface area contributed by atoms with Crippen molar-refractivity contribution < 1.29 is 0 Å². The van der Waals surface area contributed by atoms with Crippen molar-refractivity contribution in [2.45, 2.75) is 13.3 Å². The first-order valence-corrected chi connectivity index (χ1v) is 14.3. The monoisotopic (exact) mass is 524 g/mol. The quantitative estimate of drug-likeness (QED) is 0.209. The van der Waals surface area contributed by atoms with Crippen LogP contribution in [0.15, 0.2) is 140 Å². The van der Waals surface area contributed by atoms with E-state index in [1.54, 1.807) is 0 Å². The Kier molecular flexibility index (Phi) is 5.46. The molecule has 41 heavy (non-hydrogen) atoms.